The second-order valence-electron chi connectivity index (χ2n) is 8.71. The van der Waals surface area contributed by atoms with Crippen LogP contribution in [0.3, 0.4) is 0 Å². The lowest BCUT2D eigenvalue weighted by Gasteiger charge is -2.47. The molecule has 4 rings (SSSR count). The van der Waals surface area contributed by atoms with Crippen LogP contribution in [0.5, 0.6) is 5.75 Å². The molecule has 1 spiro atoms. The van der Waals surface area contributed by atoms with E-state index in [0.717, 1.165) is 22.4 Å². The Morgan fingerprint density at radius 1 is 1.03 bits per heavy atom. The number of aliphatic hydroxyl groups excluding tert-OH is 3. The van der Waals surface area contributed by atoms with Crippen LogP contribution in [0.15, 0.2) is 42.5 Å². The van der Waals surface area contributed by atoms with E-state index < -0.39 is 30.0 Å². The van der Waals surface area contributed by atoms with E-state index in [-0.39, 0.29) is 32.8 Å². The van der Waals surface area contributed by atoms with Crippen molar-refractivity contribution in [1.29, 1.82) is 0 Å². The molecule has 3 atom stereocenters. The number of hydrogen-bond acceptors (Lipinski definition) is 7. The molecule has 8 heteroatoms. The van der Waals surface area contributed by atoms with E-state index in [1.807, 2.05) is 49.4 Å². The first-order chi connectivity index (χ1) is 15.9. The highest BCUT2D eigenvalue weighted by atomic mass is 35.5. The van der Waals surface area contributed by atoms with Gasteiger partial charge in [-0.15, -0.1) is 0 Å². The predicted octanol–water partition coefficient (Wildman–Crippen LogP) is 2.66. The van der Waals surface area contributed by atoms with Gasteiger partial charge in [-0.3, -0.25) is 0 Å². The van der Waals surface area contributed by atoms with Crippen LogP contribution < -0.4 is 4.74 Å². The molecule has 7 nitrogen and oxygen atoms in total. The van der Waals surface area contributed by atoms with E-state index >= 15 is 0 Å². The lowest BCUT2D eigenvalue weighted by Crippen LogP contribution is -2.62. The molecule has 180 valence electrons. The summed E-state index contributed by atoms with van der Waals surface area (Å²) in [6.45, 7) is 2.73. The zero-order valence-corrected chi connectivity index (χ0v) is 19.4. The standard InChI is InChI=1S/C25H31ClO7/c1-2-32-20-6-3-16(4-7-20)9-18-10-17(5-8-21(18)26)23-11-22(28)24(29)25(33-23)14-30-12-19(27)13-31-15-25/h3-8,10,19,22-24,27-29H,2,9,11-15H2,1H3/t19?,22?,23?,24-,25?/m0/s1. The van der Waals surface area contributed by atoms with Crippen molar-refractivity contribution in [2.75, 3.05) is 33.0 Å². The molecule has 2 fully saturated rings. The summed E-state index contributed by atoms with van der Waals surface area (Å²) < 4.78 is 23.0. The molecule has 3 N–H and O–H groups in total. The number of benzene rings is 2. The number of hydrogen-bond donors (Lipinski definition) is 3. The average Bonchev–Trinajstić information content (AvgIpc) is 2.78. The van der Waals surface area contributed by atoms with Gasteiger partial charge in [-0.2, -0.15) is 0 Å². The minimum atomic E-state index is -1.22. The summed E-state index contributed by atoms with van der Waals surface area (Å²) in [5, 5.41) is 31.8. The van der Waals surface area contributed by atoms with Crippen molar-refractivity contribution in [3.8, 4) is 5.75 Å². The summed E-state index contributed by atoms with van der Waals surface area (Å²) in [5.74, 6) is 0.825. The molecule has 0 aliphatic carbocycles. The Bertz CT molecular complexity index is 909. The van der Waals surface area contributed by atoms with E-state index in [9.17, 15) is 15.3 Å². The predicted molar refractivity (Wildman–Crippen MR) is 123 cm³/mol. The van der Waals surface area contributed by atoms with Crippen molar-refractivity contribution in [2.24, 2.45) is 0 Å². The molecular weight excluding hydrogens is 448 g/mol. The molecule has 2 aliphatic heterocycles. The zero-order valence-electron chi connectivity index (χ0n) is 18.7. The van der Waals surface area contributed by atoms with Crippen LogP contribution in [0.1, 0.15) is 36.1 Å². The van der Waals surface area contributed by atoms with Crippen molar-refractivity contribution in [2.45, 2.75) is 49.8 Å². The van der Waals surface area contributed by atoms with Gasteiger partial charge in [0, 0.05) is 11.4 Å². The van der Waals surface area contributed by atoms with E-state index in [2.05, 4.69) is 0 Å². The minimum absolute atomic E-state index is 0.00537. The van der Waals surface area contributed by atoms with Crippen molar-refractivity contribution >= 4 is 11.6 Å². The fourth-order valence-corrected chi connectivity index (χ4v) is 4.57. The Morgan fingerprint density at radius 3 is 2.39 bits per heavy atom. The van der Waals surface area contributed by atoms with E-state index in [1.54, 1.807) is 0 Å². The van der Waals surface area contributed by atoms with E-state index in [4.69, 9.17) is 30.5 Å². The smallest absolute Gasteiger partial charge is 0.144 e. The quantitative estimate of drug-likeness (QED) is 0.607. The molecule has 0 radical (unpaired) electrons. The number of rotatable bonds is 5. The summed E-state index contributed by atoms with van der Waals surface area (Å²) in [5.41, 5.74) is 1.66. The van der Waals surface area contributed by atoms with E-state index in [1.165, 1.54) is 0 Å². The van der Waals surface area contributed by atoms with Gasteiger partial charge < -0.3 is 34.3 Å². The van der Waals surface area contributed by atoms with Gasteiger partial charge in [-0.1, -0.05) is 35.9 Å². The van der Waals surface area contributed by atoms with Crippen molar-refractivity contribution in [3.63, 3.8) is 0 Å². The number of halogens is 1. The maximum atomic E-state index is 10.7. The zero-order chi connectivity index (χ0) is 23.4. The summed E-state index contributed by atoms with van der Waals surface area (Å²) in [7, 11) is 0. The normalized spacial score (nSPS) is 30.6. The van der Waals surface area contributed by atoms with Gasteiger partial charge in [0.2, 0.25) is 0 Å². The highest BCUT2D eigenvalue weighted by Gasteiger charge is 2.50. The fraction of sp³-hybridized carbons (Fsp3) is 0.520. The van der Waals surface area contributed by atoms with Crippen LogP contribution in [0.25, 0.3) is 0 Å². The summed E-state index contributed by atoms with van der Waals surface area (Å²) >= 11 is 6.49. The van der Waals surface area contributed by atoms with Gasteiger partial charge in [0.1, 0.15) is 23.6 Å². The first-order valence-electron chi connectivity index (χ1n) is 11.3. The minimum Gasteiger partial charge on any atom is -0.494 e. The monoisotopic (exact) mass is 478 g/mol. The third-order valence-corrected chi connectivity index (χ3v) is 6.49. The molecular formula is C25H31ClO7. The maximum absolute atomic E-state index is 10.7. The Balaban J connectivity index is 1.54. The highest BCUT2D eigenvalue weighted by Crippen LogP contribution is 2.40. The summed E-state index contributed by atoms with van der Waals surface area (Å²) in [6, 6.07) is 13.6. The van der Waals surface area contributed by atoms with Crippen LogP contribution in [-0.4, -0.2) is 72.3 Å². The Kier molecular flexibility index (Phi) is 7.91. The topological polar surface area (TPSA) is 97.6 Å². The summed E-state index contributed by atoms with van der Waals surface area (Å²) in [4.78, 5) is 0. The van der Waals surface area contributed by atoms with Crippen LogP contribution in [0, 0.1) is 0 Å². The lowest BCUT2D eigenvalue weighted by atomic mass is 9.85. The molecule has 2 aromatic rings. The third kappa shape index (κ3) is 5.69. The largest absolute Gasteiger partial charge is 0.494 e. The van der Waals surface area contributed by atoms with Crippen molar-refractivity contribution in [3.05, 3.63) is 64.2 Å². The molecule has 33 heavy (non-hydrogen) atoms. The van der Waals surface area contributed by atoms with Gasteiger partial charge in [0.25, 0.3) is 0 Å². The van der Waals surface area contributed by atoms with Gasteiger partial charge in [-0.25, -0.2) is 0 Å². The van der Waals surface area contributed by atoms with Crippen molar-refractivity contribution < 1.29 is 34.3 Å². The first-order valence-corrected chi connectivity index (χ1v) is 11.7. The van der Waals surface area contributed by atoms with Crippen LogP contribution >= 0.6 is 11.6 Å². The molecule has 2 unspecified atom stereocenters. The first kappa shape index (κ1) is 24.4. The Morgan fingerprint density at radius 2 is 1.73 bits per heavy atom. The highest BCUT2D eigenvalue weighted by molar-refractivity contribution is 6.31. The second-order valence-corrected chi connectivity index (χ2v) is 9.12. The molecule has 0 bridgehead atoms. The molecule has 0 aromatic heterocycles. The van der Waals surface area contributed by atoms with Gasteiger partial charge in [0.05, 0.1) is 45.2 Å². The van der Waals surface area contributed by atoms with E-state index in [0.29, 0.717) is 18.1 Å². The molecule has 0 amide bonds. The van der Waals surface area contributed by atoms with Crippen LogP contribution in [0.2, 0.25) is 5.02 Å². The fourth-order valence-electron chi connectivity index (χ4n) is 4.39. The van der Waals surface area contributed by atoms with Crippen LogP contribution in [0.4, 0.5) is 0 Å². The summed E-state index contributed by atoms with van der Waals surface area (Å²) in [6.07, 6.45) is -2.52. The Hall–Kier alpha value is -1.71. The van der Waals surface area contributed by atoms with Crippen molar-refractivity contribution in [1.82, 2.24) is 0 Å². The molecule has 0 saturated carbocycles. The maximum Gasteiger partial charge on any atom is 0.144 e. The molecule has 2 heterocycles. The lowest BCUT2D eigenvalue weighted by molar-refractivity contribution is -0.274. The SMILES string of the molecule is CCOc1ccc(Cc2cc(C3CC(O)[C@H](O)C4(COCC(O)COC4)O3)ccc2Cl)cc1. The molecule has 2 aromatic carbocycles. The molecule has 2 aliphatic rings. The second kappa shape index (κ2) is 10.7. The van der Waals surface area contributed by atoms with Gasteiger partial charge >= 0.3 is 0 Å². The van der Waals surface area contributed by atoms with Gasteiger partial charge in [-0.05, 0) is 48.2 Å². The average molecular weight is 479 g/mol. The Labute approximate surface area is 198 Å². The van der Waals surface area contributed by atoms with Gasteiger partial charge in [0.15, 0.2) is 0 Å². The number of ether oxygens (including phenoxy) is 4. The molecule has 2 saturated heterocycles. The number of aliphatic hydroxyl groups is 3. The van der Waals surface area contributed by atoms with Crippen LogP contribution in [-0.2, 0) is 20.6 Å². The third-order valence-electron chi connectivity index (χ3n) is 6.12.